The number of nitrogens with one attached hydrogen (secondary N) is 1. The standard InChI is InChI=1S/C17H33N3O/c1-6-11-17(21-10-5)16(18-8-3)13-15-12-14(7-2)19-20(15)9-4/h12,16-18H,6-11,13H2,1-5H3. The van der Waals surface area contributed by atoms with Crippen LogP contribution in [0.15, 0.2) is 6.07 Å². The molecule has 0 saturated heterocycles. The number of ether oxygens (including phenoxy) is 1. The Kier molecular flexibility index (Phi) is 8.62. The van der Waals surface area contributed by atoms with Gasteiger partial charge in [-0.25, -0.2) is 0 Å². The van der Waals surface area contributed by atoms with Crippen molar-refractivity contribution in [2.75, 3.05) is 13.2 Å². The van der Waals surface area contributed by atoms with Crippen LogP contribution >= 0.6 is 0 Å². The Morgan fingerprint density at radius 3 is 2.52 bits per heavy atom. The van der Waals surface area contributed by atoms with Gasteiger partial charge in [0.05, 0.1) is 11.8 Å². The molecule has 0 aromatic carbocycles. The molecule has 0 amide bonds. The first-order valence-electron chi connectivity index (χ1n) is 8.60. The third-order valence-corrected chi connectivity index (χ3v) is 3.87. The van der Waals surface area contributed by atoms with Gasteiger partial charge in [0.2, 0.25) is 0 Å². The molecule has 4 heteroatoms. The molecule has 122 valence electrons. The summed E-state index contributed by atoms with van der Waals surface area (Å²) < 4.78 is 8.12. The van der Waals surface area contributed by atoms with Crippen LogP contribution in [-0.2, 0) is 24.1 Å². The van der Waals surface area contributed by atoms with Crippen LogP contribution in [0.4, 0.5) is 0 Å². The number of nitrogens with zero attached hydrogens (tertiary/aromatic N) is 2. The highest BCUT2D eigenvalue weighted by molar-refractivity contribution is 5.12. The van der Waals surface area contributed by atoms with Gasteiger partial charge in [0.1, 0.15) is 0 Å². The van der Waals surface area contributed by atoms with E-state index in [1.165, 1.54) is 11.4 Å². The van der Waals surface area contributed by atoms with Crippen molar-refractivity contribution in [1.82, 2.24) is 15.1 Å². The summed E-state index contributed by atoms with van der Waals surface area (Å²) in [4.78, 5) is 0. The Bertz CT molecular complexity index is 383. The summed E-state index contributed by atoms with van der Waals surface area (Å²) in [6.07, 6.45) is 4.52. The van der Waals surface area contributed by atoms with Crippen LogP contribution in [0, 0.1) is 0 Å². The predicted octanol–water partition coefficient (Wildman–Crippen LogP) is 3.19. The van der Waals surface area contributed by atoms with Gasteiger partial charge in [-0.2, -0.15) is 5.10 Å². The van der Waals surface area contributed by atoms with Crippen LogP contribution in [0.25, 0.3) is 0 Å². The molecular weight excluding hydrogens is 262 g/mol. The first-order chi connectivity index (χ1) is 10.2. The van der Waals surface area contributed by atoms with Crippen LogP contribution in [0.3, 0.4) is 0 Å². The van der Waals surface area contributed by atoms with E-state index in [2.05, 4.69) is 55.8 Å². The van der Waals surface area contributed by atoms with Gasteiger partial charge in [0.15, 0.2) is 0 Å². The van der Waals surface area contributed by atoms with E-state index in [0.29, 0.717) is 6.04 Å². The summed E-state index contributed by atoms with van der Waals surface area (Å²) in [5, 5.41) is 8.27. The number of hydrogen-bond acceptors (Lipinski definition) is 3. The first-order valence-corrected chi connectivity index (χ1v) is 8.60. The minimum Gasteiger partial charge on any atom is -0.377 e. The van der Waals surface area contributed by atoms with Gasteiger partial charge < -0.3 is 10.1 Å². The molecule has 1 N–H and O–H groups in total. The van der Waals surface area contributed by atoms with E-state index in [-0.39, 0.29) is 6.10 Å². The third-order valence-electron chi connectivity index (χ3n) is 3.87. The lowest BCUT2D eigenvalue weighted by Gasteiger charge is -2.27. The predicted molar refractivity (Wildman–Crippen MR) is 88.8 cm³/mol. The van der Waals surface area contributed by atoms with Gasteiger partial charge in [0, 0.05) is 31.3 Å². The Labute approximate surface area is 130 Å². The lowest BCUT2D eigenvalue weighted by atomic mass is 10.0. The summed E-state index contributed by atoms with van der Waals surface area (Å²) in [5.41, 5.74) is 2.51. The summed E-state index contributed by atoms with van der Waals surface area (Å²) >= 11 is 0. The fraction of sp³-hybridized carbons (Fsp3) is 0.824. The Hall–Kier alpha value is -0.870. The second-order valence-electron chi connectivity index (χ2n) is 5.45. The fourth-order valence-electron chi connectivity index (χ4n) is 2.85. The number of rotatable bonds is 11. The minimum absolute atomic E-state index is 0.283. The molecule has 0 aliphatic rings. The highest BCUT2D eigenvalue weighted by Crippen LogP contribution is 2.15. The van der Waals surface area contributed by atoms with E-state index in [1.807, 2.05) is 0 Å². The zero-order valence-corrected chi connectivity index (χ0v) is 14.5. The summed E-state index contributed by atoms with van der Waals surface area (Å²) in [5.74, 6) is 0. The van der Waals surface area contributed by atoms with E-state index >= 15 is 0 Å². The molecule has 1 heterocycles. The van der Waals surface area contributed by atoms with Crippen LogP contribution in [0.2, 0.25) is 0 Å². The zero-order chi connectivity index (χ0) is 15.7. The van der Waals surface area contributed by atoms with Gasteiger partial charge >= 0.3 is 0 Å². The highest BCUT2D eigenvalue weighted by atomic mass is 16.5. The van der Waals surface area contributed by atoms with Crippen molar-refractivity contribution in [3.63, 3.8) is 0 Å². The SMILES string of the molecule is CCCC(OCC)C(Cc1cc(CC)nn1CC)NCC. The number of likely N-dealkylation sites (N-methyl/N-ethyl adjacent to an activating group) is 1. The maximum Gasteiger partial charge on any atom is 0.0731 e. The molecule has 21 heavy (non-hydrogen) atoms. The fourth-order valence-corrected chi connectivity index (χ4v) is 2.85. The maximum absolute atomic E-state index is 5.98. The van der Waals surface area contributed by atoms with Crippen LogP contribution in [-0.4, -0.2) is 35.1 Å². The van der Waals surface area contributed by atoms with Gasteiger partial charge in [-0.05, 0) is 39.3 Å². The lowest BCUT2D eigenvalue weighted by molar-refractivity contribution is 0.0281. The smallest absolute Gasteiger partial charge is 0.0731 e. The van der Waals surface area contributed by atoms with E-state index in [0.717, 1.165) is 45.4 Å². The van der Waals surface area contributed by atoms with Crippen LogP contribution in [0.1, 0.15) is 58.8 Å². The molecule has 0 radical (unpaired) electrons. The van der Waals surface area contributed by atoms with E-state index in [9.17, 15) is 0 Å². The van der Waals surface area contributed by atoms with Gasteiger partial charge in [-0.1, -0.05) is 27.2 Å². The molecule has 2 atom stereocenters. The Balaban J connectivity index is 2.87. The molecular formula is C17H33N3O. The molecule has 4 nitrogen and oxygen atoms in total. The molecule has 1 aromatic rings. The van der Waals surface area contributed by atoms with Crippen molar-refractivity contribution < 1.29 is 4.74 Å². The van der Waals surface area contributed by atoms with Crippen molar-refractivity contribution in [3.05, 3.63) is 17.5 Å². The first kappa shape index (κ1) is 18.2. The van der Waals surface area contributed by atoms with Crippen molar-refractivity contribution >= 4 is 0 Å². The number of aromatic nitrogens is 2. The van der Waals surface area contributed by atoms with Crippen LogP contribution in [0.5, 0.6) is 0 Å². The van der Waals surface area contributed by atoms with Crippen molar-refractivity contribution in [3.8, 4) is 0 Å². The summed E-state index contributed by atoms with van der Waals surface area (Å²) in [7, 11) is 0. The molecule has 0 fully saturated rings. The Morgan fingerprint density at radius 1 is 1.24 bits per heavy atom. The molecule has 0 saturated carbocycles. The second-order valence-corrected chi connectivity index (χ2v) is 5.45. The average Bonchev–Trinajstić information content (AvgIpc) is 2.89. The molecule has 1 rings (SSSR count). The van der Waals surface area contributed by atoms with Crippen LogP contribution < -0.4 is 5.32 Å². The second kappa shape index (κ2) is 9.96. The van der Waals surface area contributed by atoms with E-state index in [1.54, 1.807) is 0 Å². The average molecular weight is 295 g/mol. The molecule has 0 aliphatic carbocycles. The summed E-state index contributed by atoms with van der Waals surface area (Å²) in [6.45, 7) is 13.5. The maximum atomic E-state index is 5.98. The quantitative estimate of drug-likeness (QED) is 0.681. The normalized spacial score (nSPS) is 14.3. The molecule has 1 aromatic heterocycles. The van der Waals surface area contributed by atoms with E-state index in [4.69, 9.17) is 4.74 Å². The summed E-state index contributed by atoms with van der Waals surface area (Å²) in [6, 6.07) is 2.62. The van der Waals surface area contributed by atoms with Crippen molar-refractivity contribution in [1.29, 1.82) is 0 Å². The molecule has 0 spiro atoms. The number of hydrogen-bond donors (Lipinski definition) is 1. The minimum atomic E-state index is 0.283. The Morgan fingerprint density at radius 2 is 2.00 bits per heavy atom. The molecule has 2 unspecified atom stereocenters. The lowest BCUT2D eigenvalue weighted by Crippen LogP contribution is -2.43. The van der Waals surface area contributed by atoms with E-state index < -0.39 is 0 Å². The monoisotopic (exact) mass is 295 g/mol. The van der Waals surface area contributed by atoms with Gasteiger partial charge in [0.25, 0.3) is 0 Å². The van der Waals surface area contributed by atoms with Gasteiger partial charge in [-0.3, -0.25) is 4.68 Å². The zero-order valence-electron chi connectivity index (χ0n) is 14.5. The number of aryl methyl sites for hydroxylation is 2. The third kappa shape index (κ3) is 5.44. The molecule has 0 bridgehead atoms. The topological polar surface area (TPSA) is 39.1 Å². The van der Waals surface area contributed by atoms with Crippen molar-refractivity contribution in [2.45, 2.75) is 79.0 Å². The molecule has 0 aliphatic heterocycles. The largest absolute Gasteiger partial charge is 0.377 e. The highest BCUT2D eigenvalue weighted by Gasteiger charge is 2.22. The van der Waals surface area contributed by atoms with Gasteiger partial charge in [-0.15, -0.1) is 0 Å². The van der Waals surface area contributed by atoms with Crippen molar-refractivity contribution in [2.24, 2.45) is 0 Å².